The molecule has 0 amide bonds. The van der Waals surface area contributed by atoms with Gasteiger partial charge in [-0.3, -0.25) is 4.79 Å². The summed E-state index contributed by atoms with van der Waals surface area (Å²) in [5.41, 5.74) is 1.38. The minimum Gasteiger partial charge on any atom is -0.497 e. The zero-order valence-electron chi connectivity index (χ0n) is 14.7. The Morgan fingerprint density at radius 1 is 1.11 bits per heavy atom. The molecule has 0 saturated carbocycles. The molecule has 0 aliphatic carbocycles. The lowest BCUT2D eigenvalue weighted by Gasteiger charge is -2.08. The predicted molar refractivity (Wildman–Crippen MR) is 102 cm³/mol. The van der Waals surface area contributed by atoms with Crippen LogP contribution < -0.4 is 15.0 Å². The maximum atomic E-state index is 12.9. The predicted octanol–water partition coefficient (Wildman–Crippen LogP) is 2.34. The van der Waals surface area contributed by atoms with Gasteiger partial charge in [-0.25, -0.2) is 17.5 Å². The van der Waals surface area contributed by atoms with Crippen LogP contribution in [0.4, 0.5) is 4.39 Å². The number of nitrogens with one attached hydrogen (secondary N) is 2. The van der Waals surface area contributed by atoms with Crippen LogP contribution in [0.2, 0.25) is 0 Å². The van der Waals surface area contributed by atoms with Gasteiger partial charge in [-0.15, -0.1) is 0 Å². The van der Waals surface area contributed by atoms with Crippen LogP contribution in [0.25, 0.3) is 10.9 Å². The minimum atomic E-state index is -3.59. The average Bonchev–Trinajstić information content (AvgIpc) is 2.63. The van der Waals surface area contributed by atoms with E-state index in [9.17, 15) is 17.6 Å². The van der Waals surface area contributed by atoms with Crippen LogP contribution in [0.3, 0.4) is 0 Å². The Kier molecular flexibility index (Phi) is 5.57. The first-order valence-electron chi connectivity index (χ1n) is 8.28. The number of halogens is 1. The summed E-state index contributed by atoms with van der Waals surface area (Å²) in [6.07, 6.45) is 0.241. The fourth-order valence-corrected chi connectivity index (χ4v) is 3.88. The zero-order chi connectivity index (χ0) is 19.4. The largest absolute Gasteiger partial charge is 0.497 e. The van der Waals surface area contributed by atoms with Crippen LogP contribution >= 0.6 is 0 Å². The molecule has 3 rings (SSSR count). The summed E-state index contributed by atoms with van der Waals surface area (Å²) in [4.78, 5) is 14.9. The van der Waals surface area contributed by atoms with E-state index in [1.807, 2.05) is 0 Å². The van der Waals surface area contributed by atoms with Crippen molar-refractivity contribution in [2.24, 2.45) is 0 Å². The molecule has 2 aromatic carbocycles. The summed E-state index contributed by atoms with van der Waals surface area (Å²) >= 11 is 0. The van der Waals surface area contributed by atoms with E-state index in [1.54, 1.807) is 31.4 Å². The molecule has 3 aromatic rings. The van der Waals surface area contributed by atoms with Crippen LogP contribution in [0.15, 0.2) is 53.3 Å². The van der Waals surface area contributed by atoms with E-state index < -0.39 is 15.8 Å². The van der Waals surface area contributed by atoms with Crippen molar-refractivity contribution < 1.29 is 17.5 Å². The monoisotopic (exact) mass is 390 g/mol. The van der Waals surface area contributed by atoms with E-state index in [2.05, 4.69) is 9.71 Å². The number of hydrogen-bond acceptors (Lipinski definition) is 4. The van der Waals surface area contributed by atoms with Crippen LogP contribution in [0.5, 0.6) is 5.75 Å². The molecule has 0 bridgehead atoms. The number of sulfonamides is 1. The van der Waals surface area contributed by atoms with E-state index >= 15 is 0 Å². The fourth-order valence-electron chi connectivity index (χ4n) is 2.73. The molecular weight excluding hydrogens is 371 g/mol. The minimum absolute atomic E-state index is 0.0854. The topological polar surface area (TPSA) is 88.3 Å². The van der Waals surface area contributed by atoms with Gasteiger partial charge in [-0.05, 0) is 48.4 Å². The van der Waals surface area contributed by atoms with E-state index in [1.165, 1.54) is 24.3 Å². The van der Waals surface area contributed by atoms with Crippen molar-refractivity contribution in [2.75, 3.05) is 13.7 Å². The normalized spacial score (nSPS) is 11.6. The van der Waals surface area contributed by atoms with Crippen molar-refractivity contribution in [3.8, 4) is 5.75 Å². The summed E-state index contributed by atoms with van der Waals surface area (Å²) in [6.45, 7) is 0.0854. The molecule has 0 aliphatic rings. The van der Waals surface area contributed by atoms with Crippen LogP contribution in [0, 0.1) is 5.82 Å². The number of aromatic amines is 1. The summed E-state index contributed by atoms with van der Waals surface area (Å²) in [6, 6.07) is 12.3. The lowest BCUT2D eigenvalue weighted by Crippen LogP contribution is -2.28. The SMILES string of the molecule is COc1ccc2[nH]c(=O)c(CCNS(=O)(=O)Cc3ccc(F)cc3)cc2c1. The van der Waals surface area contributed by atoms with E-state index in [-0.39, 0.29) is 24.3 Å². The highest BCUT2D eigenvalue weighted by atomic mass is 32.2. The Morgan fingerprint density at radius 2 is 1.85 bits per heavy atom. The number of aromatic nitrogens is 1. The van der Waals surface area contributed by atoms with Crippen molar-refractivity contribution in [3.63, 3.8) is 0 Å². The van der Waals surface area contributed by atoms with Gasteiger partial charge in [0, 0.05) is 23.0 Å². The summed E-state index contributed by atoms with van der Waals surface area (Å²) in [7, 11) is -2.03. The second-order valence-corrected chi connectivity index (χ2v) is 7.91. The smallest absolute Gasteiger partial charge is 0.251 e. The van der Waals surface area contributed by atoms with Crippen molar-refractivity contribution in [3.05, 3.63) is 75.8 Å². The Hall–Kier alpha value is -2.71. The first-order chi connectivity index (χ1) is 12.9. The van der Waals surface area contributed by atoms with Gasteiger partial charge in [0.05, 0.1) is 12.9 Å². The van der Waals surface area contributed by atoms with Gasteiger partial charge in [0.25, 0.3) is 5.56 Å². The number of ether oxygens (including phenoxy) is 1. The third-order valence-electron chi connectivity index (χ3n) is 4.11. The first-order valence-corrected chi connectivity index (χ1v) is 9.93. The Balaban J connectivity index is 1.68. The quantitative estimate of drug-likeness (QED) is 0.648. The molecule has 8 heteroatoms. The highest BCUT2D eigenvalue weighted by Crippen LogP contribution is 2.18. The van der Waals surface area contributed by atoms with E-state index in [4.69, 9.17) is 4.74 Å². The van der Waals surface area contributed by atoms with Crippen LogP contribution in [0.1, 0.15) is 11.1 Å². The standard InChI is InChI=1S/C19H19FN2O4S/c1-26-17-6-7-18-15(11-17)10-14(19(23)22-18)8-9-21-27(24,25)12-13-2-4-16(20)5-3-13/h2-7,10-11,21H,8-9,12H2,1H3,(H,22,23). The summed E-state index contributed by atoms with van der Waals surface area (Å²) in [5, 5.41) is 0.804. The van der Waals surface area contributed by atoms with E-state index in [0.29, 0.717) is 22.4 Å². The van der Waals surface area contributed by atoms with Gasteiger partial charge in [0.1, 0.15) is 11.6 Å². The Morgan fingerprint density at radius 3 is 2.56 bits per heavy atom. The number of H-pyrrole nitrogens is 1. The van der Waals surface area contributed by atoms with Crippen molar-refractivity contribution >= 4 is 20.9 Å². The lowest BCUT2D eigenvalue weighted by molar-refractivity contribution is 0.415. The van der Waals surface area contributed by atoms with Gasteiger partial charge in [0.15, 0.2) is 0 Å². The Labute approximate surface area is 156 Å². The first kappa shape index (κ1) is 19.1. The molecule has 0 unspecified atom stereocenters. The van der Waals surface area contributed by atoms with E-state index in [0.717, 1.165) is 5.39 Å². The maximum absolute atomic E-state index is 12.9. The van der Waals surface area contributed by atoms with Gasteiger partial charge >= 0.3 is 0 Å². The average molecular weight is 390 g/mol. The number of rotatable bonds is 7. The summed E-state index contributed by atoms with van der Waals surface area (Å²) < 4.78 is 44.8. The molecule has 0 spiro atoms. The number of methoxy groups -OCH3 is 1. The highest BCUT2D eigenvalue weighted by molar-refractivity contribution is 7.88. The van der Waals surface area contributed by atoms with Gasteiger partial charge in [0.2, 0.25) is 10.0 Å². The molecule has 142 valence electrons. The Bertz CT molecular complexity index is 1110. The zero-order valence-corrected chi connectivity index (χ0v) is 15.5. The van der Waals surface area contributed by atoms with Crippen LogP contribution in [-0.4, -0.2) is 27.1 Å². The molecule has 0 fully saturated rings. The molecule has 0 aliphatic heterocycles. The molecule has 27 heavy (non-hydrogen) atoms. The molecule has 1 aromatic heterocycles. The van der Waals surface area contributed by atoms with Crippen molar-refractivity contribution in [2.45, 2.75) is 12.2 Å². The van der Waals surface area contributed by atoms with Crippen LogP contribution in [-0.2, 0) is 22.2 Å². The van der Waals surface area contributed by atoms with Crippen molar-refractivity contribution in [1.82, 2.24) is 9.71 Å². The fraction of sp³-hybridized carbons (Fsp3) is 0.211. The lowest BCUT2D eigenvalue weighted by atomic mass is 10.1. The molecule has 0 atom stereocenters. The molecule has 0 radical (unpaired) electrons. The highest BCUT2D eigenvalue weighted by Gasteiger charge is 2.12. The number of benzene rings is 2. The third-order valence-corrected chi connectivity index (χ3v) is 5.47. The van der Waals surface area contributed by atoms with Gasteiger partial charge in [-0.2, -0.15) is 0 Å². The molecule has 6 nitrogen and oxygen atoms in total. The van der Waals surface area contributed by atoms with Crippen molar-refractivity contribution in [1.29, 1.82) is 0 Å². The maximum Gasteiger partial charge on any atom is 0.251 e. The van der Waals surface area contributed by atoms with Gasteiger partial charge in [-0.1, -0.05) is 12.1 Å². The number of hydrogen-bond donors (Lipinski definition) is 2. The number of fused-ring (bicyclic) bond motifs is 1. The molecule has 2 N–H and O–H groups in total. The summed E-state index contributed by atoms with van der Waals surface area (Å²) in [5.74, 6) is -0.00443. The second kappa shape index (κ2) is 7.89. The number of pyridine rings is 1. The molecule has 1 heterocycles. The third kappa shape index (κ3) is 4.93. The van der Waals surface area contributed by atoms with Gasteiger partial charge < -0.3 is 9.72 Å². The molecule has 0 saturated heterocycles. The molecular formula is C19H19FN2O4S. The second-order valence-electron chi connectivity index (χ2n) is 6.11.